The summed E-state index contributed by atoms with van der Waals surface area (Å²) in [6.45, 7) is 0. The molecular weight excluding hydrogens is 345 g/mol. The zero-order valence-electron chi connectivity index (χ0n) is 11.4. The minimum absolute atomic E-state index is 0.0472. The first-order chi connectivity index (χ1) is 11.0. The van der Waals surface area contributed by atoms with E-state index in [9.17, 15) is 12.8 Å². The third-order valence-electron chi connectivity index (χ3n) is 2.83. The van der Waals surface area contributed by atoms with Gasteiger partial charge in [-0.3, -0.25) is 4.72 Å². The quantitative estimate of drug-likeness (QED) is 0.777. The van der Waals surface area contributed by atoms with Gasteiger partial charge in [-0.05, 0) is 24.3 Å². The fraction of sp³-hybridized carbons (Fsp3) is 0. The predicted molar refractivity (Wildman–Crippen MR) is 81.4 cm³/mol. The van der Waals surface area contributed by atoms with Crippen LogP contribution in [0.25, 0.3) is 5.82 Å². The van der Waals surface area contributed by atoms with Gasteiger partial charge in [0.25, 0.3) is 10.0 Å². The number of nitrogens with zero attached hydrogens (tertiary/aromatic N) is 4. The number of hydrogen-bond donors (Lipinski definition) is 1. The lowest BCUT2D eigenvalue weighted by Gasteiger charge is -2.08. The standard InChI is InChI=1S/C13H9ClFN5O2S/c14-10-6-9(2-3-11(10)15)23(21,22)19-12-7-13(17-8-16-12)20-5-1-4-18-20/h1-8H,(H,16,17,19). The Balaban J connectivity index is 1.91. The summed E-state index contributed by atoms with van der Waals surface area (Å²) < 4.78 is 41.5. The van der Waals surface area contributed by atoms with Crippen molar-refractivity contribution in [1.82, 2.24) is 19.7 Å². The van der Waals surface area contributed by atoms with Crippen LogP contribution in [0.3, 0.4) is 0 Å². The van der Waals surface area contributed by atoms with Crippen LogP contribution in [-0.4, -0.2) is 28.2 Å². The van der Waals surface area contributed by atoms with Gasteiger partial charge in [-0.2, -0.15) is 5.10 Å². The molecule has 10 heteroatoms. The molecule has 0 spiro atoms. The van der Waals surface area contributed by atoms with Crippen LogP contribution >= 0.6 is 11.6 Å². The van der Waals surface area contributed by atoms with Crippen molar-refractivity contribution in [1.29, 1.82) is 0 Å². The lowest BCUT2D eigenvalue weighted by Crippen LogP contribution is -2.14. The number of hydrogen-bond acceptors (Lipinski definition) is 5. The first-order valence-electron chi connectivity index (χ1n) is 6.26. The van der Waals surface area contributed by atoms with Gasteiger partial charge in [0.05, 0.1) is 9.92 Å². The number of aromatic nitrogens is 4. The molecule has 0 atom stereocenters. The van der Waals surface area contributed by atoms with E-state index in [-0.39, 0.29) is 15.7 Å². The van der Waals surface area contributed by atoms with E-state index in [2.05, 4.69) is 19.8 Å². The third kappa shape index (κ3) is 3.30. The molecule has 7 nitrogen and oxygen atoms in total. The maximum absolute atomic E-state index is 13.1. The largest absolute Gasteiger partial charge is 0.263 e. The molecule has 0 fully saturated rings. The minimum atomic E-state index is -3.96. The van der Waals surface area contributed by atoms with Gasteiger partial charge >= 0.3 is 0 Å². The summed E-state index contributed by atoms with van der Waals surface area (Å²) in [4.78, 5) is 7.67. The summed E-state index contributed by atoms with van der Waals surface area (Å²) in [6, 6.07) is 6.22. The van der Waals surface area contributed by atoms with E-state index in [0.717, 1.165) is 18.2 Å². The van der Waals surface area contributed by atoms with E-state index in [1.807, 2.05) is 0 Å². The van der Waals surface area contributed by atoms with Crippen LogP contribution in [0.1, 0.15) is 0 Å². The van der Waals surface area contributed by atoms with Crippen LogP contribution in [0.4, 0.5) is 10.2 Å². The minimum Gasteiger partial charge on any atom is -0.263 e. The summed E-state index contributed by atoms with van der Waals surface area (Å²) >= 11 is 5.61. The van der Waals surface area contributed by atoms with Crippen LogP contribution in [-0.2, 0) is 10.0 Å². The summed E-state index contributed by atoms with van der Waals surface area (Å²) in [5.41, 5.74) is 0. The van der Waals surface area contributed by atoms with Gasteiger partial charge in [0.1, 0.15) is 18.0 Å². The predicted octanol–water partition coefficient (Wildman–Crippen LogP) is 2.26. The Bertz CT molecular complexity index is 947. The Morgan fingerprint density at radius 1 is 1.22 bits per heavy atom. The molecule has 0 aliphatic rings. The van der Waals surface area contributed by atoms with E-state index in [4.69, 9.17) is 11.6 Å². The number of sulfonamides is 1. The van der Waals surface area contributed by atoms with Crippen LogP contribution in [0.15, 0.2) is 53.9 Å². The zero-order chi connectivity index (χ0) is 16.4. The second-order valence-electron chi connectivity index (χ2n) is 4.39. The summed E-state index contributed by atoms with van der Waals surface area (Å²) in [7, 11) is -3.96. The van der Waals surface area contributed by atoms with Crippen molar-refractivity contribution in [3.8, 4) is 5.82 Å². The Hall–Kier alpha value is -2.52. The molecule has 0 aliphatic heterocycles. The van der Waals surface area contributed by atoms with Gasteiger partial charge in [-0.25, -0.2) is 27.5 Å². The molecule has 3 aromatic rings. The van der Waals surface area contributed by atoms with Crippen molar-refractivity contribution in [2.45, 2.75) is 4.90 Å². The average Bonchev–Trinajstić information content (AvgIpc) is 3.04. The maximum atomic E-state index is 13.1. The van der Waals surface area contributed by atoms with E-state index in [1.165, 1.54) is 17.1 Å². The van der Waals surface area contributed by atoms with Gasteiger partial charge in [-0.15, -0.1) is 0 Å². The third-order valence-corrected chi connectivity index (χ3v) is 4.47. The highest BCUT2D eigenvalue weighted by molar-refractivity contribution is 7.92. The van der Waals surface area contributed by atoms with Gasteiger partial charge in [0.15, 0.2) is 5.82 Å². The highest BCUT2D eigenvalue weighted by Gasteiger charge is 2.17. The van der Waals surface area contributed by atoms with Crippen LogP contribution in [0.2, 0.25) is 5.02 Å². The molecule has 2 heterocycles. The average molecular weight is 354 g/mol. The Morgan fingerprint density at radius 2 is 2.04 bits per heavy atom. The number of anilines is 1. The van der Waals surface area contributed by atoms with E-state index in [1.54, 1.807) is 18.5 Å². The summed E-state index contributed by atoms with van der Waals surface area (Å²) in [6.07, 6.45) is 4.42. The van der Waals surface area contributed by atoms with Crippen molar-refractivity contribution in [2.24, 2.45) is 0 Å². The second-order valence-corrected chi connectivity index (χ2v) is 6.48. The van der Waals surface area contributed by atoms with E-state index < -0.39 is 15.8 Å². The number of halogens is 2. The molecule has 1 N–H and O–H groups in total. The summed E-state index contributed by atoms with van der Waals surface area (Å²) in [5.74, 6) is -0.264. The maximum Gasteiger partial charge on any atom is 0.263 e. The molecule has 2 aromatic heterocycles. The molecule has 0 unspecified atom stereocenters. The number of benzene rings is 1. The van der Waals surface area contributed by atoms with Crippen LogP contribution < -0.4 is 4.72 Å². The Labute approximate surface area is 135 Å². The van der Waals surface area contributed by atoms with Gasteiger partial charge in [-0.1, -0.05) is 11.6 Å². The molecule has 118 valence electrons. The number of rotatable bonds is 4. The van der Waals surface area contributed by atoms with E-state index >= 15 is 0 Å². The lowest BCUT2D eigenvalue weighted by molar-refractivity contribution is 0.599. The number of nitrogens with one attached hydrogen (secondary N) is 1. The Morgan fingerprint density at radius 3 is 2.74 bits per heavy atom. The smallest absolute Gasteiger partial charge is 0.263 e. The normalized spacial score (nSPS) is 11.4. The van der Waals surface area contributed by atoms with Crippen molar-refractivity contribution in [2.75, 3.05) is 4.72 Å². The monoisotopic (exact) mass is 353 g/mol. The van der Waals surface area contributed by atoms with Gasteiger partial charge in [0.2, 0.25) is 0 Å². The second kappa shape index (κ2) is 5.94. The van der Waals surface area contributed by atoms with Crippen molar-refractivity contribution < 1.29 is 12.8 Å². The van der Waals surface area contributed by atoms with Crippen molar-refractivity contribution in [3.63, 3.8) is 0 Å². The fourth-order valence-corrected chi connectivity index (χ4v) is 3.04. The van der Waals surface area contributed by atoms with Gasteiger partial charge < -0.3 is 0 Å². The molecule has 0 radical (unpaired) electrons. The molecule has 3 rings (SSSR count). The topological polar surface area (TPSA) is 89.8 Å². The first-order valence-corrected chi connectivity index (χ1v) is 8.12. The zero-order valence-corrected chi connectivity index (χ0v) is 13.0. The van der Waals surface area contributed by atoms with Gasteiger partial charge in [0, 0.05) is 18.5 Å². The SMILES string of the molecule is O=S(=O)(Nc1cc(-n2cccn2)ncn1)c1ccc(F)c(Cl)c1. The van der Waals surface area contributed by atoms with Crippen molar-refractivity contribution in [3.05, 3.63) is 59.9 Å². The first kappa shape index (κ1) is 15.4. The van der Waals surface area contributed by atoms with Crippen molar-refractivity contribution >= 4 is 27.4 Å². The molecule has 0 aliphatic carbocycles. The molecule has 0 saturated heterocycles. The molecular formula is C13H9ClFN5O2S. The molecule has 1 aromatic carbocycles. The molecule has 0 bridgehead atoms. The van der Waals surface area contributed by atoms with Crippen LogP contribution in [0.5, 0.6) is 0 Å². The highest BCUT2D eigenvalue weighted by atomic mass is 35.5. The molecule has 0 amide bonds. The Kier molecular flexibility index (Phi) is 3.97. The summed E-state index contributed by atoms with van der Waals surface area (Å²) in [5, 5.41) is 3.71. The highest BCUT2D eigenvalue weighted by Crippen LogP contribution is 2.21. The molecule has 23 heavy (non-hydrogen) atoms. The fourth-order valence-electron chi connectivity index (χ4n) is 1.77. The molecule has 0 saturated carbocycles. The lowest BCUT2D eigenvalue weighted by atomic mass is 10.3. The van der Waals surface area contributed by atoms with E-state index in [0.29, 0.717) is 5.82 Å². The van der Waals surface area contributed by atoms with Crippen LogP contribution in [0, 0.1) is 5.82 Å².